The average Bonchev–Trinajstić information content (AvgIpc) is 2.98. The Bertz CT molecular complexity index is 410. The maximum atomic E-state index is 12.2. The molecular weight excluding hydrogens is 230 g/mol. The minimum absolute atomic E-state index is 0.0130. The average molecular weight is 251 g/mol. The van der Waals surface area contributed by atoms with Crippen LogP contribution in [0.2, 0.25) is 0 Å². The Morgan fingerprint density at radius 3 is 2.61 bits per heavy atom. The molecule has 1 amide bonds. The highest BCUT2D eigenvalue weighted by atomic mass is 16.2. The second-order valence-electron chi connectivity index (χ2n) is 4.94. The molecule has 6 heteroatoms. The smallest absolute Gasteiger partial charge is 0.239 e. The Labute approximate surface area is 107 Å². The molecule has 1 saturated heterocycles. The molecule has 1 aliphatic rings. The zero-order valence-electron chi connectivity index (χ0n) is 11.3. The molecule has 18 heavy (non-hydrogen) atoms. The molecule has 2 heterocycles. The van der Waals surface area contributed by atoms with Gasteiger partial charge in [-0.1, -0.05) is 0 Å². The van der Waals surface area contributed by atoms with Crippen LogP contribution >= 0.6 is 0 Å². The summed E-state index contributed by atoms with van der Waals surface area (Å²) in [6.07, 6.45) is 3.91. The van der Waals surface area contributed by atoms with Crippen molar-refractivity contribution in [2.24, 2.45) is 7.05 Å². The van der Waals surface area contributed by atoms with Gasteiger partial charge in [0.25, 0.3) is 0 Å². The van der Waals surface area contributed by atoms with Crippen LogP contribution in [0, 0.1) is 0 Å². The van der Waals surface area contributed by atoms with Gasteiger partial charge in [0, 0.05) is 20.1 Å². The Morgan fingerprint density at radius 2 is 2.06 bits per heavy atom. The highest BCUT2D eigenvalue weighted by Crippen LogP contribution is 2.12. The van der Waals surface area contributed by atoms with E-state index in [1.54, 1.807) is 6.33 Å². The zero-order valence-corrected chi connectivity index (χ0v) is 11.3. The molecule has 0 saturated carbocycles. The first-order valence-corrected chi connectivity index (χ1v) is 6.48. The molecule has 1 N–H and O–H groups in total. The van der Waals surface area contributed by atoms with Gasteiger partial charge in [0.2, 0.25) is 5.91 Å². The Kier molecular flexibility index (Phi) is 3.96. The maximum absolute atomic E-state index is 12.2. The lowest BCUT2D eigenvalue weighted by Gasteiger charge is -2.23. The number of hydrogen-bond acceptors (Lipinski definition) is 4. The summed E-state index contributed by atoms with van der Waals surface area (Å²) in [5.74, 6) is 1.03. The summed E-state index contributed by atoms with van der Waals surface area (Å²) in [6, 6.07) is -0.172. The Hall–Kier alpha value is -1.43. The molecular formula is C12H21N5O. The molecule has 0 bridgehead atoms. The predicted octanol–water partition coefficient (Wildman–Crippen LogP) is 0.477. The molecule has 1 fully saturated rings. The quantitative estimate of drug-likeness (QED) is 0.845. The van der Waals surface area contributed by atoms with Crippen LogP contribution in [-0.4, -0.2) is 44.7 Å². The Balaban J connectivity index is 1.92. The molecule has 0 aliphatic carbocycles. The first kappa shape index (κ1) is 13.0. The lowest BCUT2D eigenvalue weighted by molar-refractivity contribution is -0.132. The van der Waals surface area contributed by atoms with Crippen LogP contribution in [0.25, 0.3) is 0 Å². The van der Waals surface area contributed by atoms with Crippen molar-refractivity contribution >= 4 is 5.91 Å². The molecule has 100 valence electrons. The number of carbonyl (C=O) groups excluding carboxylic acids is 1. The van der Waals surface area contributed by atoms with Gasteiger partial charge >= 0.3 is 0 Å². The van der Waals surface area contributed by atoms with Crippen molar-refractivity contribution in [3.8, 4) is 0 Å². The standard InChI is InChI=1S/C12H21N5O/c1-9(11-15-13-8-16(11)3)14-10(2)12(18)17-6-4-5-7-17/h8-10,14H,4-7H2,1-3H3. The van der Waals surface area contributed by atoms with Gasteiger partial charge in [-0.05, 0) is 26.7 Å². The van der Waals surface area contributed by atoms with Gasteiger partial charge in [0.05, 0.1) is 12.1 Å². The van der Waals surface area contributed by atoms with Crippen LogP contribution in [0.4, 0.5) is 0 Å². The largest absolute Gasteiger partial charge is 0.341 e. The summed E-state index contributed by atoms with van der Waals surface area (Å²) in [7, 11) is 1.90. The van der Waals surface area contributed by atoms with Gasteiger partial charge in [0.15, 0.2) is 0 Å². The second-order valence-corrected chi connectivity index (χ2v) is 4.94. The summed E-state index contributed by atoms with van der Waals surface area (Å²) < 4.78 is 1.87. The van der Waals surface area contributed by atoms with Crippen molar-refractivity contribution in [1.29, 1.82) is 0 Å². The van der Waals surface area contributed by atoms with Crippen molar-refractivity contribution < 1.29 is 4.79 Å². The molecule has 1 aromatic rings. The van der Waals surface area contributed by atoms with E-state index in [1.807, 2.05) is 30.4 Å². The summed E-state index contributed by atoms with van der Waals surface area (Å²) >= 11 is 0. The van der Waals surface area contributed by atoms with Crippen LogP contribution < -0.4 is 5.32 Å². The van der Waals surface area contributed by atoms with E-state index >= 15 is 0 Å². The van der Waals surface area contributed by atoms with Gasteiger partial charge in [-0.2, -0.15) is 0 Å². The number of hydrogen-bond donors (Lipinski definition) is 1. The summed E-state index contributed by atoms with van der Waals surface area (Å²) in [5, 5.41) is 11.2. The number of likely N-dealkylation sites (tertiary alicyclic amines) is 1. The first-order chi connectivity index (χ1) is 8.59. The summed E-state index contributed by atoms with van der Waals surface area (Å²) in [4.78, 5) is 14.1. The fourth-order valence-corrected chi connectivity index (χ4v) is 2.42. The lowest BCUT2D eigenvalue weighted by atomic mass is 10.2. The van der Waals surface area contributed by atoms with E-state index in [9.17, 15) is 4.79 Å². The predicted molar refractivity (Wildman–Crippen MR) is 67.8 cm³/mol. The van der Waals surface area contributed by atoms with E-state index in [0.717, 1.165) is 31.8 Å². The number of aryl methyl sites for hydroxylation is 1. The lowest BCUT2D eigenvalue weighted by Crippen LogP contribution is -2.44. The monoisotopic (exact) mass is 251 g/mol. The number of amides is 1. The third kappa shape index (κ3) is 2.69. The molecule has 0 radical (unpaired) electrons. The van der Waals surface area contributed by atoms with Crippen molar-refractivity contribution in [2.75, 3.05) is 13.1 Å². The van der Waals surface area contributed by atoms with Crippen molar-refractivity contribution in [3.63, 3.8) is 0 Å². The number of nitrogens with one attached hydrogen (secondary N) is 1. The third-order valence-corrected chi connectivity index (χ3v) is 3.42. The topological polar surface area (TPSA) is 63.1 Å². The van der Waals surface area contributed by atoms with Crippen molar-refractivity contribution in [3.05, 3.63) is 12.2 Å². The molecule has 2 unspecified atom stereocenters. The van der Waals surface area contributed by atoms with E-state index in [4.69, 9.17) is 0 Å². The number of aromatic nitrogens is 3. The van der Waals surface area contributed by atoms with Crippen molar-refractivity contribution in [1.82, 2.24) is 25.0 Å². The third-order valence-electron chi connectivity index (χ3n) is 3.42. The molecule has 2 atom stereocenters. The van der Waals surface area contributed by atoms with Gasteiger partial charge in [-0.3, -0.25) is 10.1 Å². The minimum atomic E-state index is -0.185. The van der Waals surface area contributed by atoms with E-state index in [1.165, 1.54) is 0 Å². The fraction of sp³-hybridized carbons (Fsp3) is 0.750. The second kappa shape index (κ2) is 5.48. The SMILES string of the molecule is CC(NC(C)c1nncn1C)C(=O)N1CCCC1. The molecule has 1 aliphatic heterocycles. The van der Waals surface area contributed by atoms with Crippen molar-refractivity contribution in [2.45, 2.75) is 38.8 Å². The highest BCUT2D eigenvalue weighted by Gasteiger charge is 2.25. The van der Waals surface area contributed by atoms with Crippen LogP contribution in [0.3, 0.4) is 0 Å². The fourth-order valence-electron chi connectivity index (χ4n) is 2.42. The van der Waals surface area contributed by atoms with E-state index in [2.05, 4.69) is 15.5 Å². The van der Waals surface area contributed by atoms with Gasteiger partial charge in [0.1, 0.15) is 12.2 Å². The number of carbonyl (C=O) groups is 1. The van der Waals surface area contributed by atoms with Gasteiger partial charge < -0.3 is 9.47 Å². The molecule has 0 aromatic carbocycles. The summed E-state index contributed by atoms with van der Waals surface area (Å²) in [5.41, 5.74) is 0. The van der Waals surface area contributed by atoms with Gasteiger partial charge in [-0.25, -0.2) is 0 Å². The molecule has 2 rings (SSSR count). The molecule has 6 nitrogen and oxygen atoms in total. The number of rotatable bonds is 4. The maximum Gasteiger partial charge on any atom is 0.239 e. The van der Waals surface area contributed by atoms with E-state index < -0.39 is 0 Å². The van der Waals surface area contributed by atoms with E-state index in [-0.39, 0.29) is 18.0 Å². The van der Waals surface area contributed by atoms with Crippen LogP contribution in [-0.2, 0) is 11.8 Å². The zero-order chi connectivity index (χ0) is 13.1. The van der Waals surface area contributed by atoms with Crippen LogP contribution in [0.15, 0.2) is 6.33 Å². The minimum Gasteiger partial charge on any atom is -0.341 e. The first-order valence-electron chi connectivity index (χ1n) is 6.48. The highest BCUT2D eigenvalue weighted by molar-refractivity contribution is 5.81. The van der Waals surface area contributed by atoms with Crippen LogP contribution in [0.1, 0.15) is 38.6 Å². The normalized spacial score (nSPS) is 18.9. The molecule has 1 aromatic heterocycles. The van der Waals surface area contributed by atoms with E-state index in [0.29, 0.717) is 0 Å². The Morgan fingerprint density at radius 1 is 1.39 bits per heavy atom. The van der Waals surface area contributed by atoms with Gasteiger partial charge in [-0.15, -0.1) is 10.2 Å². The molecule has 0 spiro atoms. The number of nitrogens with zero attached hydrogens (tertiary/aromatic N) is 4. The summed E-state index contributed by atoms with van der Waals surface area (Å²) in [6.45, 7) is 5.69. The van der Waals surface area contributed by atoms with Crippen LogP contribution in [0.5, 0.6) is 0 Å².